The molecule has 1 N–H and O–H groups in total. The van der Waals surface area contributed by atoms with E-state index in [0.717, 1.165) is 12.2 Å². The number of epoxide rings is 2. The van der Waals surface area contributed by atoms with Gasteiger partial charge in [0.2, 0.25) is 0 Å². The van der Waals surface area contributed by atoms with E-state index in [1.165, 1.54) is 9.82 Å². The van der Waals surface area contributed by atoms with Crippen LogP contribution in [0.15, 0.2) is 95.9 Å². The molecule has 0 atom stereocenters. The Morgan fingerprint density at radius 3 is 0.901 bits per heavy atom. The van der Waals surface area contributed by atoms with Gasteiger partial charge in [-0.1, -0.05) is 105 Å². The van der Waals surface area contributed by atoms with Gasteiger partial charge in [0.15, 0.2) is 0 Å². The van der Waals surface area contributed by atoms with Gasteiger partial charge in [0.25, 0.3) is 5.09 Å². The molecule has 0 aromatic carbocycles. The molecule has 0 aromatic heterocycles. The van der Waals surface area contributed by atoms with Crippen LogP contribution in [0.4, 0.5) is 0 Å². The second-order valence-corrected chi connectivity index (χ2v) is 15.4. The molecule has 91 heavy (non-hydrogen) atoms. The van der Waals surface area contributed by atoms with Gasteiger partial charge in [-0.05, 0) is 83.0 Å². The fourth-order valence-electron chi connectivity index (χ4n) is 3.64. The van der Waals surface area contributed by atoms with Gasteiger partial charge in [-0.15, -0.1) is 56.5 Å². The molecule has 2 fully saturated rings. The number of allylic oxidation sites excluding steroid dienone is 1. The third-order valence-corrected chi connectivity index (χ3v) is 9.62. The smallest absolute Gasteiger partial charge is 0.389 e. The zero-order valence-corrected chi connectivity index (χ0v) is 53.3. The summed E-state index contributed by atoms with van der Waals surface area (Å²) in [5.74, 6) is 2.00. The van der Waals surface area contributed by atoms with E-state index in [9.17, 15) is 15.2 Å². The number of hydrogen-bond donors (Lipinski definition) is 1. The van der Waals surface area contributed by atoms with Crippen LogP contribution < -0.4 is 59.1 Å². The maximum absolute atomic E-state index is 10.3. The fraction of sp³-hybridized carbons (Fsp3) is 0.867. The van der Waals surface area contributed by atoms with Gasteiger partial charge in [0.05, 0.1) is 88.5 Å². The molecule has 482 valence electrons. The van der Waals surface area contributed by atoms with Crippen LogP contribution in [0, 0.1) is 10.1 Å². The summed E-state index contributed by atoms with van der Waals surface area (Å²) < 4.78 is 9.90. The Bertz CT molecular complexity index is 2670. The Hall–Kier alpha value is -9.32. The Balaban J connectivity index is -0.0000000908. The van der Waals surface area contributed by atoms with E-state index in [1.54, 1.807) is 0 Å². The van der Waals surface area contributed by atoms with Crippen molar-refractivity contribution in [1.29, 1.82) is 0 Å². The van der Waals surface area contributed by atoms with Gasteiger partial charge in [-0.25, -0.2) is 0 Å². The third kappa shape index (κ3) is 73.1. The van der Waals surface area contributed by atoms with E-state index in [0.29, 0.717) is 35.7 Å². The maximum atomic E-state index is 10.3. The summed E-state index contributed by atoms with van der Waals surface area (Å²) in [6.45, 7) is 5.86. The molecule has 0 radical (unpaired) electrons. The van der Waals surface area contributed by atoms with E-state index < -0.39 is 47.1 Å². The molecule has 55 nitrogen and oxygen atoms in total. The summed E-state index contributed by atoms with van der Waals surface area (Å²) in [4.78, 5) is 52.2. The largest absolute Gasteiger partial charge is 1.00 e. The molecule has 0 amide bonds. The first-order chi connectivity index (χ1) is 41.6. The Labute approximate surface area is 574 Å². The van der Waals surface area contributed by atoms with E-state index in [1.807, 2.05) is 0 Å². The van der Waals surface area contributed by atoms with Crippen LogP contribution in [0.3, 0.4) is 0 Å². The van der Waals surface area contributed by atoms with Crippen molar-refractivity contribution in [2.24, 2.45) is 71.6 Å². The first kappa shape index (κ1) is 106. The second kappa shape index (κ2) is 76.8. The normalized spacial score (nSPS) is 12.9. The Kier molecular flexibility index (Phi) is 89.8. The minimum atomic E-state index is -1.78. The molecule has 0 aliphatic carbocycles. The number of aliphatic hydroxyl groups is 1. The number of halogens is 4. The van der Waals surface area contributed by atoms with Crippen molar-refractivity contribution in [3.63, 3.8) is 0 Å². The van der Waals surface area contributed by atoms with Crippen molar-refractivity contribution in [3.8, 4) is 0 Å². The number of alkyl halides is 4. The molecule has 0 saturated carbocycles. The van der Waals surface area contributed by atoms with E-state index >= 15 is 0 Å². The van der Waals surface area contributed by atoms with Crippen LogP contribution in [0.25, 0.3) is 178 Å². The average molecular weight is 1380 g/mol. The summed E-state index contributed by atoms with van der Waals surface area (Å²) in [6.07, 6.45) is 0. The molecular formula is C30H51Cl4N49Na2O6. The summed E-state index contributed by atoms with van der Waals surface area (Å²) >= 11 is 21.4. The number of ether oxygens (including phenoxy) is 2. The van der Waals surface area contributed by atoms with Gasteiger partial charge in [-0.2, -0.15) is 0 Å². The van der Waals surface area contributed by atoms with Crippen LogP contribution in [0.5, 0.6) is 0 Å². The topological polar surface area (TPSA) is 898 Å². The minimum Gasteiger partial charge on any atom is -0.389 e. The Morgan fingerprint density at radius 2 is 0.714 bits per heavy atom. The van der Waals surface area contributed by atoms with Gasteiger partial charge < -0.3 is 41.5 Å². The molecule has 0 unspecified atom stereocenters. The quantitative estimate of drug-likeness (QED) is 0.00765. The van der Waals surface area contributed by atoms with Crippen LogP contribution in [0.1, 0.15) is 14.9 Å². The van der Waals surface area contributed by atoms with Gasteiger partial charge in [-0.3, -0.25) is 9.82 Å². The van der Waals surface area contributed by atoms with Crippen molar-refractivity contribution in [1.82, 2.24) is 0 Å². The summed E-state index contributed by atoms with van der Waals surface area (Å²) in [5.41, 5.74) is 136. The van der Waals surface area contributed by atoms with Gasteiger partial charge >= 0.3 is 59.1 Å². The molecule has 2 rings (SSSR count). The molecule has 2 saturated heterocycles. The van der Waals surface area contributed by atoms with Crippen LogP contribution in [0.2, 0.25) is 0 Å². The standard InChI is InChI=1S/C4H6Cl2O.C4H6Cl2.C4H6N12.C4H6N10O3.C4H7N9O.C4H6N6O.C4H6N6.2CH4.2N3.2Na/c5-1-4(2-6)3-7-4;1-4(2-5)3-6;5-13-9-1-4(12-16-8,2-10-14-6)3-11-15-7;5-11-8-1-4(2-9-12-6,3-10-13-7)17-14(15)16;5-11-8-1-4(14,2-9-12-6)3-10-13-7;5-9-7-1-4(3-11-4)2-8-10-6;1-4(2-7-9-5)3-8-10-6;;;2*1-3-2;;/h1-3H2;1-3H2;1-3H2;1-3H2;14H,1-3H2;1-3H2;1-3H2;2*1H4;;;;/q;;;;;;;;;2*-1;2*+1. The van der Waals surface area contributed by atoms with Gasteiger partial charge in [0, 0.05) is 113 Å². The monoisotopic (exact) mass is 1380 g/mol. The molecule has 61 heteroatoms. The average Bonchev–Trinajstić information content (AvgIpc) is 3.33. The molecule has 0 bridgehead atoms. The van der Waals surface area contributed by atoms with Crippen LogP contribution in [-0.2, 0) is 14.3 Å². The number of rotatable bonds is 33. The maximum Gasteiger partial charge on any atom is 1.00 e. The molecule has 0 aromatic rings. The summed E-state index contributed by atoms with van der Waals surface area (Å²) in [6, 6.07) is 0. The molecule has 2 aliphatic heterocycles. The predicted molar refractivity (Wildman–Crippen MR) is 322 cm³/mol. The summed E-state index contributed by atoms with van der Waals surface area (Å²) in [7, 11) is 0. The zero-order valence-electron chi connectivity index (χ0n) is 46.3. The van der Waals surface area contributed by atoms with Crippen molar-refractivity contribution in [2.75, 3.05) is 122 Å². The molecule has 2 aliphatic rings. The van der Waals surface area contributed by atoms with Crippen molar-refractivity contribution >= 4 is 46.4 Å². The van der Waals surface area contributed by atoms with E-state index in [4.69, 9.17) is 155 Å². The van der Waals surface area contributed by atoms with E-state index in [-0.39, 0.29) is 145 Å². The summed E-state index contributed by atoms with van der Waals surface area (Å²) in [5, 5.41) is 63.5. The van der Waals surface area contributed by atoms with Crippen molar-refractivity contribution in [2.45, 2.75) is 42.8 Å². The first-order valence-corrected chi connectivity index (χ1v) is 23.3. The SMILES string of the molecule is C.C.C=C(CCl)CCl.C=C(CN=[N+]=[N-])CN=[N+]=[N-].ClCC1(CCl)CO1.[N-]=[N+]=NCC(CN=[N+]=[N-])(CN=[N+]=[N-])N=[N+]=[N-].[N-]=[N+]=NCC(CN=[N+]=[N-])(CN=[N+]=[N-])O[N+](=O)[O-].[N-]=[N+]=NCC(O)(CN=[N+]=[N-])CN=[N+]=[N-].[N-]=[N+]=NCC1(CN=[N+]=[N-])CO1.[N-]=[N+]=[N-].[N-]=[N+]=[N-].[Na+].[Na+]. The molecule has 2 heterocycles. The number of hydrogen-bond acceptors (Lipinski definition) is 20. The first-order valence-electron chi connectivity index (χ1n) is 21.2. The Morgan fingerprint density at radius 1 is 0.462 bits per heavy atom. The number of nitrogens with zero attached hydrogens (tertiary/aromatic N) is 49. The molecule has 0 spiro atoms. The fourth-order valence-corrected chi connectivity index (χ4v) is 4.52. The predicted octanol–water partition coefficient (Wildman–Crippen LogP) is 10.3. The number of azide groups is 14. The minimum absolute atomic E-state index is 0. The van der Waals surface area contributed by atoms with Crippen molar-refractivity contribution in [3.05, 3.63) is 213 Å². The van der Waals surface area contributed by atoms with E-state index in [2.05, 4.69) is 158 Å². The van der Waals surface area contributed by atoms with Gasteiger partial charge in [0.1, 0.15) is 16.8 Å². The third-order valence-electron chi connectivity index (χ3n) is 7.89. The van der Waals surface area contributed by atoms with Crippen LogP contribution >= 0.6 is 46.4 Å². The second-order valence-electron chi connectivity index (χ2n) is 14.3. The zero-order chi connectivity index (χ0) is 68.0. The molecular weight excluding hydrogens is 1330 g/mol. The van der Waals surface area contributed by atoms with Crippen LogP contribution in [-0.4, -0.2) is 160 Å². The van der Waals surface area contributed by atoms with Crippen molar-refractivity contribution < 1.29 is 83.6 Å².